The third-order valence-electron chi connectivity index (χ3n) is 2.01. The molecule has 0 saturated carbocycles. The molecular weight excluding hydrogens is 301 g/mol. The smallest absolute Gasteiger partial charge is 0.375 e. The van der Waals surface area contributed by atoms with Gasteiger partial charge in [0.05, 0.1) is 12.1 Å². The van der Waals surface area contributed by atoms with Gasteiger partial charge in [0.15, 0.2) is 0 Å². The van der Waals surface area contributed by atoms with Crippen LogP contribution >= 0.6 is 15.9 Å². The van der Waals surface area contributed by atoms with Crippen LogP contribution in [-0.2, 0) is 11.0 Å². The van der Waals surface area contributed by atoms with Gasteiger partial charge in [-0.2, -0.15) is 13.2 Å². The minimum absolute atomic E-state index is 0.000461. The summed E-state index contributed by atoms with van der Waals surface area (Å²) in [4.78, 5) is 11.0. The Hall–Kier alpha value is -1.24. The maximum Gasteiger partial charge on any atom is 0.416 e. The number of carbonyl (C=O) groups is 1. The average molecular weight is 311 g/mol. The van der Waals surface area contributed by atoms with Crippen molar-refractivity contribution in [2.75, 3.05) is 18.9 Å². The second-order valence-corrected chi connectivity index (χ2v) is 4.07. The summed E-state index contributed by atoms with van der Waals surface area (Å²) >= 11 is 3.02. The Morgan fingerprint density at radius 2 is 2.06 bits per heavy atom. The van der Waals surface area contributed by atoms with Crippen LogP contribution in [0.3, 0.4) is 0 Å². The summed E-state index contributed by atoms with van der Waals surface area (Å²) in [5, 5.41) is 5.11. The lowest BCUT2D eigenvalue weighted by molar-refractivity contribution is -0.137. The number of rotatable bonds is 3. The largest absolute Gasteiger partial charge is 0.416 e. The quantitative estimate of drug-likeness (QED) is 0.901. The average Bonchev–Trinajstić information content (AvgIpc) is 2.25. The van der Waals surface area contributed by atoms with Crippen LogP contribution in [0.1, 0.15) is 5.56 Å². The Bertz CT molecular complexity index is 421. The maximum atomic E-state index is 12.4. The first kappa shape index (κ1) is 13.8. The van der Waals surface area contributed by atoms with Gasteiger partial charge in [0.2, 0.25) is 5.91 Å². The molecule has 1 aromatic rings. The zero-order valence-electron chi connectivity index (χ0n) is 8.86. The second kappa shape index (κ2) is 5.39. The van der Waals surface area contributed by atoms with E-state index in [2.05, 4.69) is 26.6 Å². The van der Waals surface area contributed by atoms with Crippen LogP contribution in [0.5, 0.6) is 0 Å². The fourth-order valence-electron chi connectivity index (χ4n) is 1.10. The highest BCUT2D eigenvalue weighted by atomic mass is 79.9. The summed E-state index contributed by atoms with van der Waals surface area (Å²) in [6.45, 7) is 0.000461. The number of likely N-dealkylation sites (N-methyl/N-ethyl adjacent to an activating group) is 1. The molecule has 0 fully saturated rings. The molecule has 0 unspecified atom stereocenters. The van der Waals surface area contributed by atoms with Crippen molar-refractivity contribution in [1.82, 2.24) is 5.32 Å². The van der Waals surface area contributed by atoms with E-state index in [0.717, 1.165) is 12.1 Å². The minimum atomic E-state index is -4.37. The molecule has 1 rings (SSSR count). The van der Waals surface area contributed by atoms with Crippen molar-refractivity contribution < 1.29 is 18.0 Å². The first-order chi connectivity index (χ1) is 7.84. The molecule has 0 aliphatic carbocycles. The van der Waals surface area contributed by atoms with Crippen molar-refractivity contribution >= 4 is 27.5 Å². The van der Waals surface area contributed by atoms with Crippen LogP contribution < -0.4 is 10.6 Å². The van der Waals surface area contributed by atoms with Crippen LogP contribution in [0.25, 0.3) is 0 Å². The molecule has 0 atom stereocenters. The lowest BCUT2D eigenvalue weighted by Gasteiger charge is -2.11. The van der Waals surface area contributed by atoms with E-state index in [1.54, 1.807) is 0 Å². The number of hydrogen-bond donors (Lipinski definition) is 2. The van der Waals surface area contributed by atoms with E-state index in [0.29, 0.717) is 5.69 Å². The van der Waals surface area contributed by atoms with E-state index < -0.39 is 11.7 Å². The number of nitrogens with one attached hydrogen (secondary N) is 2. The molecule has 0 radical (unpaired) electrons. The van der Waals surface area contributed by atoms with Crippen molar-refractivity contribution in [2.45, 2.75) is 6.18 Å². The summed E-state index contributed by atoms with van der Waals surface area (Å²) < 4.78 is 37.3. The topological polar surface area (TPSA) is 41.1 Å². The predicted octanol–water partition coefficient (Wildman–Crippen LogP) is 2.63. The fourth-order valence-corrected chi connectivity index (χ4v) is 1.62. The number of hydrogen-bond acceptors (Lipinski definition) is 2. The van der Waals surface area contributed by atoms with Crippen molar-refractivity contribution in [2.24, 2.45) is 0 Å². The Balaban J connectivity index is 2.80. The van der Waals surface area contributed by atoms with Gasteiger partial charge in [0.25, 0.3) is 0 Å². The van der Waals surface area contributed by atoms with Gasteiger partial charge in [-0.3, -0.25) is 4.79 Å². The van der Waals surface area contributed by atoms with Gasteiger partial charge in [-0.05, 0) is 34.1 Å². The van der Waals surface area contributed by atoms with E-state index in [4.69, 9.17) is 0 Å². The Morgan fingerprint density at radius 1 is 1.41 bits per heavy atom. The molecule has 2 N–H and O–H groups in total. The number of alkyl halides is 3. The Morgan fingerprint density at radius 3 is 2.53 bits per heavy atom. The molecule has 7 heteroatoms. The van der Waals surface area contributed by atoms with Crippen LogP contribution in [0, 0.1) is 0 Å². The van der Waals surface area contributed by atoms with Crippen molar-refractivity contribution in [3.05, 3.63) is 28.2 Å². The van der Waals surface area contributed by atoms with Gasteiger partial charge in [-0.1, -0.05) is 0 Å². The summed E-state index contributed by atoms with van der Waals surface area (Å²) in [7, 11) is 1.48. The number of amides is 1. The van der Waals surface area contributed by atoms with Gasteiger partial charge < -0.3 is 10.6 Å². The van der Waals surface area contributed by atoms with Crippen LogP contribution in [0.4, 0.5) is 18.9 Å². The maximum absolute atomic E-state index is 12.4. The molecule has 0 aliphatic heterocycles. The molecule has 1 aromatic carbocycles. The van der Waals surface area contributed by atoms with Gasteiger partial charge in [-0.25, -0.2) is 0 Å². The lowest BCUT2D eigenvalue weighted by atomic mass is 10.2. The summed E-state index contributed by atoms with van der Waals surface area (Å²) in [5.74, 6) is -0.253. The minimum Gasteiger partial charge on any atom is -0.375 e. The molecule has 0 heterocycles. The van der Waals surface area contributed by atoms with E-state index in [1.807, 2.05) is 0 Å². The molecule has 94 valence electrons. The fraction of sp³-hybridized carbons (Fsp3) is 0.300. The van der Waals surface area contributed by atoms with E-state index in [1.165, 1.54) is 13.1 Å². The Kier molecular flexibility index (Phi) is 4.39. The first-order valence-corrected chi connectivity index (χ1v) is 5.45. The summed E-state index contributed by atoms with van der Waals surface area (Å²) in [5.41, 5.74) is -0.309. The van der Waals surface area contributed by atoms with Gasteiger partial charge in [0.1, 0.15) is 0 Å². The van der Waals surface area contributed by atoms with Crippen LogP contribution in [0.15, 0.2) is 22.7 Å². The summed E-state index contributed by atoms with van der Waals surface area (Å²) in [6, 6.07) is 3.19. The normalized spacial score (nSPS) is 11.1. The zero-order chi connectivity index (χ0) is 13.1. The molecule has 1 amide bonds. The number of benzene rings is 1. The third-order valence-corrected chi connectivity index (χ3v) is 2.67. The van der Waals surface area contributed by atoms with Gasteiger partial charge in [0, 0.05) is 17.2 Å². The van der Waals surface area contributed by atoms with Crippen LogP contribution in [0.2, 0.25) is 0 Å². The highest BCUT2D eigenvalue weighted by Crippen LogP contribution is 2.33. The molecule has 0 aliphatic rings. The van der Waals surface area contributed by atoms with E-state index >= 15 is 0 Å². The molecule has 0 spiro atoms. The van der Waals surface area contributed by atoms with Gasteiger partial charge in [-0.15, -0.1) is 0 Å². The SMILES string of the molecule is CNC(=O)CNc1ccc(C(F)(F)F)cc1Br. The molecular formula is C10H10BrF3N2O. The second-order valence-electron chi connectivity index (χ2n) is 3.22. The first-order valence-electron chi connectivity index (χ1n) is 4.66. The monoisotopic (exact) mass is 310 g/mol. The highest BCUT2D eigenvalue weighted by Gasteiger charge is 2.30. The molecule has 3 nitrogen and oxygen atoms in total. The standard InChI is InChI=1S/C10H10BrF3N2O/c1-15-9(17)5-16-8-3-2-6(4-7(8)11)10(12,13)14/h2-4,16H,5H2,1H3,(H,15,17). The van der Waals surface area contributed by atoms with Crippen molar-refractivity contribution in [3.8, 4) is 0 Å². The number of anilines is 1. The van der Waals surface area contributed by atoms with Gasteiger partial charge >= 0.3 is 6.18 Å². The zero-order valence-corrected chi connectivity index (χ0v) is 10.4. The molecule has 0 aromatic heterocycles. The Labute approximate surface area is 105 Å². The number of halogens is 4. The third kappa shape index (κ3) is 3.92. The molecule has 17 heavy (non-hydrogen) atoms. The number of carbonyl (C=O) groups excluding carboxylic acids is 1. The molecule has 0 saturated heterocycles. The van der Waals surface area contributed by atoms with Crippen molar-refractivity contribution in [1.29, 1.82) is 0 Å². The highest BCUT2D eigenvalue weighted by molar-refractivity contribution is 9.10. The van der Waals surface area contributed by atoms with Crippen LogP contribution in [-0.4, -0.2) is 19.5 Å². The van der Waals surface area contributed by atoms with Crippen molar-refractivity contribution in [3.63, 3.8) is 0 Å². The summed E-state index contributed by atoms with van der Waals surface area (Å²) in [6.07, 6.45) is -4.37. The van der Waals surface area contributed by atoms with E-state index in [-0.39, 0.29) is 16.9 Å². The molecule has 0 bridgehead atoms. The van der Waals surface area contributed by atoms with E-state index in [9.17, 15) is 18.0 Å². The predicted molar refractivity (Wildman–Crippen MR) is 61.7 cm³/mol. The lowest BCUT2D eigenvalue weighted by Crippen LogP contribution is -2.26.